The van der Waals surface area contributed by atoms with Gasteiger partial charge >= 0.3 is 0 Å². The monoisotopic (exact) mass is 293 g/mol. The maximum absolute atomic E-state index is 12.1. The van der Waals surface area contributed by atoms with Gasteiger partial charge < -0.3 is 10.4 Å². The van der Waals surface area contributed by atoms with Crippen LogP contribution in [-0.2, 0) is 0 Å². The predicted octanol–water partition coefficient (Wildman–Crippen LogP) is 3.10. The molecule has 2 N–H and O–H groups in total. The van der Waals surface area contributed by atoms with Crippen molar-refractivity contribution in [3.8, 4) is 11.8 Å². The number of hydrogen-bond donors (Lipinski definition) is 2. The smallest absolute Gasteiger partial charge is 0.261 e. The van der Waals surface area contributed by atoms with Crippen molar-refractivity contribution in [1.82, 2.24) is 5.32 Å². The third kappa shape index (κ3) is 5.36. The molecule has 3 nitrogen and oxygen atoms in total. The SMILES string of the molecule is CCCCC(C)NC(=O)c1cc(C)c(C#CCCO)s1. The van der Waals surface area contributed by atoms with Crippen LogP contribution in [0.3, 0.4) is 0 Å². The molecule has 1 aromatic heterocycles. The molecule has 1 amide bonds. The van der Waals surface area contributed by atoms with Crippen LogP contribution in [0.2, 0.25) is 0 Å². The number of carbonyl (C=O) groups excluding carboxylic acids is 1. The minimum atomic E-state index is -0.0167. The summed E-state index contributed by atoms with van der Waals surface area (Å²) < 4.78 is 0. The molecule has 20 heavy (non-hydrogen) atoms. The van der Waals surface area contributed by atoms with Gasteiger partial charge in [0.25, 0.3) is 5.91 Å². The molecule has 0 aromatic carbocycles. The second-order valence-corrected chi connectivity index (χ2v) is 5.97. The zero-order valence-corrected chi connectivity index (χ0v) is 13.3. The van der Waals surface area contributed by atoms with Crippen molar-refractivity contribution in [1.29, 1.82) is 0 Å². The lowest BCUT2D eigenvalue weighted by molar-refractivity contribution is 0.0942. The second-order valence-electron chi connectivity index (χ2n) is 4.91. The number of amides is 1. The summed E-state index contributed by atoms with van der Waals surface area (Å²) in [5, 5.41) is 11.7. The van der Waals surface area contributed by atoms with Gasteiger partial charge in [-0.1, -0.05) is 31.6 Å². The second kappa shape index (κ2) is 8.78. The summed E-state index contributed by atoms with van der Waals surface area (Å²) in [6.07, 6.45) is 3.74. The largest absolute Gasteiger partial charge is 0.395 e. The zero-order chi connectivity index (χ0) is 15.0. The molecule has 0 saturated heterocycles. The number of rotatable bonds is 6. The van der Waals surface area contributed by atoms with E-state index < -0.39 is 0 Å². The number of thiophene rings is 1. The Kier molecular flexibility index (Phi) is 7.35. The Bertz CT molecular complexity index is 496. The average Bonchev–Trinajstić information content (AvgIpc) is 2.78. The van der Waals surface area contributed by atoms with E-state index in [4.69, 9.17) is 5.11 Å². The third-order valence-corrected chi connectivity index (χ3v) is 4.10. The van der Waals surface area contributed by atoms with Crippen LogP contribution in [0, 0.1) is 18.8 Å². The summed E-state index contributed by atoms with van der Waals surface area (Å²) >= 11 is 1.42. The highest BCUT2D eigenvalue weighted by atomic mass is 32.1. The fraction of sp³-hybridized carbons (Fsp3) is 0.562. The van der Waals surface area contributed by atoms with E-state index in [9.17, 15) is 4.79 Å². The predicted molar refractivity (Wildman–Crippen MR) is 84.1 cm³/mol. The molecule has 0 fully saturated rings. The molecular weight excluding hydrogens is 270 g/mol. The van der Waals surface area contributed by atoms with Crippen LogP contribution in [0.25, 0.3) is 0 Å². The summed E-state index contributed by atoms with van der Waals surface area (Å²) in [6, 6.07) is 2.09. The number of hydrogen-bond acceptors (Lipinski definition) is 3. The van der Waals surface area contributed by atoms with Crippen molar-refractivity contribution >= 4 is 17.2 Å². The third-order valence-electron chi connectivity index (χ3n) is 2.95. The zero-order valence-electron chi connectivity index (χ0n) is 12.5. The van der Waals surface area contributed by atoms with Gasteiger partial charge in [0.05, 0.1) is 16.4 Å². The number of carbonyl (C=O) groups is 1. The molecule has 0 saturated carbocycles. The van der Waals surface area contributed by atoms with Gasteiger partial charge in [0, 0.05) is 12.5 Å². The molecule has 1 unspecified atom stereocenters. The van der Waals surface area contributed by atoms with Crippen LogP contribution >= 0.6 is 11.3 Å². The molecule has 1 heterocycles. The first kappa shape index (κ1) is 16.7. The van der Waals surface area contributed by atoms with Crippen molar-refractivity contribution in [3.63, 3.8) is 0 Å². The Morgan fingerprint density at radius 2 is 2.30 bits per heavy atom. The lowest BCUT2D eigenvalue weighted by atomic mass is 10.1. The van der Waals surface area contributed by atoms with Gasteiger partial charge in [0.15, 0.2) is 0 Å². The summed E-state index contributed by atoms with van der Waals surface area (Å²) in [7, 11) is 0. The lowest BCUT2D eigenvalue weighted by Gasteiger charge is -2.12. The molecule has 1 aromatic rings. The summed E-state index contributed by atoms with van der Waals surface area (Å²) in [6.45, 7) is 6.21. The minimum Gasteiger partial charge on any atom is -0.395 e. The van der Waals surface area contributed by atoms with E-state index >= 15 is 0 Å². The van der Waals surface area contributed by atoms with Crippen LogP contribution in [-0.4, -0.2) is 23.7 Å². The van der Waals surface area contributed by atoms with Gasteiger partial charge in [-0.2, -0.15) is 0 Å². The molecule has 110 valence electrons. The van der Waals surface area contributed by atoms with E-state index in [1.54, 1.807) is 0 Å². The van der Waals surface area contributed by atoms with Crippen molar-refractivity contribution in [2.45, 2.75) is 52.5 Å². The van der Waals surface area contributed by atoms with Crippen molar-refractivity contribution in [2.24, 2.45) is 0 Å². The van der Waals surface area contributed by atoms with Crippen molar-refractivity contribution in [2.75, 3.05) is 6.61 Å². The number of aliphatic hydroxyl groups excluding tert-OH is 1. The van der Waals surface area contributed by atoms with E-state index in [1.807, 2.05) is 19.9 Å². The maximum atomic E-state index is 12.1. The minimum absolute atomic E-state index is 0.0167. The number of nitrogens with one attached hydrogen (secondary N) is 1. The van der Waals surface area contributed by atoms with Gasteiger partial charge in [0.1, 0.15) is 0 Å². The van der Waals surface area contributed by atoms with Gasteiger partial charge in [-0.15, -0.1) is 11.3 Å². The summed E-state index contributed by atoms with van der Waals surface area (Å²) in [4.78, 5) is 13.7. The molecule has 1 atom stereocenters. The topological polar surface area (TPSA) is 49.3 Å². The van der Waals surface area contributed by atoms with E-state index in [2.05, 4.69) is 24.1 Å². The molecule has 0 aliphatic heterocycles. The molecular formula is C16H23NO2S. The maximum Gasteiger partial charge on any atom is 0.261 e. The van der Waals surface area contributed by atoms with Crippen LogP contribution in [0.1, 0.15) is 59.6 Å². The molecule has 0 spiro atoms. The van der Waals surface area contributed by atoms with Gasteiger partial charge in [0.2, 0.25) is 0 Å². The lowest BCUT2D eigenvalue weighted by Crippen LogP contribution is -2.31. The first-order chi connectivity index (χ1) is 9.58. The quantitative estimate of drug-likeness (QED) is 0.792. The Morgan fingerprint density at radius 1 is 1.55 bits per heavy atom. The van der Waals surface area contributed by atoms with E-state index in [0.717, 1.165) is 29.7 Å². The highest BCUT2D eigenvalue weighted by molar-refractivity contribution is 7.14. The highest BCUT2D eigenvalue weighted by Gasteiger charge is 2.13. The Balaban J connectivity index is 2.66. The number of aliphatic hydroxyl groups is 1. The van der Waals surface area contributed by atoms with E-state index in [1.165, 1.54) is 11.3 Å². The van der Waals surface area contributed by atoms with Gasteiger partial charge in [-0.25, -0.2) is 0 Å². The molecule has 0 radical (unpaired) electrons. The van der Waals surface area contributed by atoms with Gasteiger partial charge in [-0.3, -0.25) is 4.79 Å². The fourth-order valence-electron chi connectivity index (χ4n) is 1.79. The average molecular weight is 293 g/mol. The molecule has 0 aliphatic carbocycles. The number of aryl methyl sites for hydroxylation is 1. The van der Waals surface area contributed by atoms with E-state index in [-0.39, 0.29) is 18.6 Å². The van der Waals surface area contributed by atoms with Crippen LogP contribution in [0.4, 0.5) is 0 Å². The van der Waals surface area contributed by atoms with E-state index in [0.29, 0.717) is 11.3 Å². The van der Waals surface area contributed by atoms with Crippen molar-refractivity contribution in [3.05, 3.63) is 21.4 Å². The number of unbranched alkanes of at least 4 members (excludes halogenated alkanes) is 1. The van der Waals surface area contributed by atoms with Crippen LogP contribution in [0.5, 0.6) is 0 Å². The first-order valence-electron chi connectivity index (χ1n) is 7.09. The Morgan fingerprint density at radius 3 is 2.95 bits per heavy atom. The standard InChI is InChI=1S/C16H23NO2S/c1-4-5-8-13(3)17-16(19)15-11-12(2)14(20-15)9-6-7-10-18/h11,13,18H,4-5,7-8,10H2,1-3H3,(H,17,19). The Labute approximate surface area is 125 Å². The molecule has 0 bridgehead atoms. The van der Waals surface area contributed by atoms with Crippen molar-refractivity contribution < 1.29 is 9.90 Å². The fourth-order valence-corrected chi connectivity index (χ4v) is 2.74. The van der Waals surface area contributed by atoms with Crippen LogP contribution < -0.4 is 5.32 Å². The summed E-state index contributed by atoms with van der Waals surface area (Å²) in [5.74, 6) is 5.88. The highest BCUT2D eigenvalue weighted by Crippen LogP contribution is 2.21. The first-order valence-corrected chi connectivity index (χ1v) is 7.91. The Hall–Kier alpha value is -1.31. The van der Waals surface area contributed by atoms with Crippen LogP contribution in [0.15, 0.2) is 6.07 Å². The summed E-state index contributed by atoms with van der Waals surface area (Å²) in [5.41, 5.74) is 1.02. The molecule has 4 heteroatoms. The normalized spacial score (nSPS) is 11.6. The molecule has 1 rings (SSSR count). The van der Waals surface area contributed by atoms with Gasteiger partial charge in [-0.05, 0) is 31.9 Å². The molecule has 0 aliphatic rings.